The van der Waals surface area contributed by atoms with Crippen molar-refractivity contribution in [3.05, 3.63) is 59.8 Å². The van der Waals surface area contributed by atoms with E-state index in [4.69, 9.17) is 4.74 Å². The molecule has 3 rings (SSSR count). The number of methoxy groups -OCH3 is 1. The highest BCUT2D eigenvalue weighted by Gasteiger charge is 2.16. The number of benzene rings is 2. The zero-order chi connectivity index (χ0) is 17.1. The smallest absolute Gasteiger partial charge is 0.244 e. The molecule has 0 radical (unpaired) electrons. The SMILES string of the molecule is COc1ccccc1NC(=O)Cn1c(C)c(C#N)c2ccccc21. The van der Waals surface area contributed by atoms with Gasteiger partial charge in [0.15, 0.2) is 0 Å². The van der Waals surface area contributed by atoms with Crippen LogP contribution in [0.1, 0.15) is 11.3 Å². The maximum absolute atomic E-state index is 12.5. The van der Waals surface area contributed by atoms with Gasteiger partial charge in [-0.2, -0.15) is 5.26 Å². The lowest BCUT2D eigenvalue weighted by Crippen LogP contribution is -2.19. The molecule has 3 aromatic rings. The third kappa shape index (κ3) is 2.70. The highest BCUT2D eigenvalue weighted by Crippen LogP contribution is 2.26. The van der Waals surface area contributed by atoms with Crippen LogP contribution < -0.4 is 10.1 Å². The van der Waals surface area contributed by atoms with Crippen molar-refractivity contribution in [3.63, 3.8) is 0 Å². The third-order valence-corrected chi connectivity index (χ3v) is 4.03. The quantitative estimate of drug-likeness (QED) is 0.800. The number of carbonyl (C=O) groups is 1. The van der Waals surface area contributed by atoms with Crippen LogP contribution in [0.2, 0.25) is 0 Å². The lowest BCUT2D eigenvalue weighted by atomic mass is 10.1. The Morgan fingerprint density at radius 1 is 1.21 bits per heavy atom. The van der Waals surface area contributed by atoms with Gasteiger partial charge < -0.3 is 14.6 Å². The summed E-state index contributed by atoms with van der Waals surface area (Å²) >= 11 is 0. The van der Waals surface area contributed by atoms with Gasteiger partial charge in [-0.1, -0.05) is 30.3 Å². The van der Waals surface area contributed by atoms with Gasteiger partial charge in [-0.05, 0) is 25.1 Å². The molecule has 0 aliphatic heterocycles. The van der Waals surface area contributed by atoms with E-state index in [1.807, 2.05) is 47.9 Å². The summed E-state index contributed by atoms with van der Waals surface area (Å²) in [6, 6.07) is 17.1. The molecule has 1 N–H and O–H groups in total. The number of nitrogens with one attached hydrogen (secondary N) is 1. The molecule has 1 amide bonds. The molecule has 0 saturated carbocycles. The van der Waals surface area contributed by atoms with Crippen molar-refractivity contribution < 1.29 is 9.53 Å². The van der Waals surface area contributed by atoms with Gasteiger partial charge >= 0.3 is 0 Å². The predicted molar refractivity (Wildman–Crippen MR) is 93.0 cm³/mol. The van der Waals surface area contributed by atoms with E-state index < -0.39 is 0 Å². The summed E-state index contributed by atoms with van der Waals surface area (Å²) in [5.41, 5.74) is 2.89. The van der Waals surface area contributed by atoms with Crippen molar-refractivity contribution in [3.8, 4) is 11.8 Å². The Morgan fingerprint density at radius 2 is 1.92 bits per heavy atom. The summed E-state index contributed by atoms with van der Waals surface area (Å²) in [7, 11) is 1.56. The molecular weight excluding hydrogens is 302 g/mol. The zero-order valence-corrected chi connectivity index (χ0v) is 13.5. The number of ether oxygens (including phenoxy) is 1. The molecule has 1 aromatic heterocycles. The van der Waals surface area contributed by atoms with Gasteiger partial charge in [-0.15, -0.1) is 0 Å². The van der Waals surface area contributed by atoms with Crippen molar-refractivity contribution in [2.24, 2.45) is 0 Å². The summed E-state index contributed by atoms with van der Waals surface area (Å²) in [5.74, 6) is 0.436. The minimum absolute atomic E-state index is 0.131. The summed E-state index contributed by atoms with van der Waals surface area (Å²) < 4.78 is 7.11. The molecular formula is C19H17N3O2. The fourth-order valence-electron chi connectivity index (χ4n) is 2.86. The molecule has 5 heteroatoms. The molecule has 120 valence electrons. The van der Waals surface area contributed by atoms with E-state index in [1.54, 1.807) is 19.2 Å². The number of nitrogens with zero attached hydrogens (tertiary/aromatic N) is 2. The summed E-state index contributed by atoms with van der Waals surface area (Å²) in [6.45, 7) is 1.99. The second-order valence-corrected chi connectivity index (χ2v) is 5.42. The number of aromatic nitrogens is 1. The first-order valence-electron chi connectivity index (χ1n) is 7.56. The van der Waals surface area contributed by atoms with Crippen LogP contribution in [0, 0.1) is 18.3 Å². The molecule has 0 atom stereocenters. The van der Waals surface area contributed by atoms with Crippen LogP contribution in [0.25, 0.3) is 10.9 Å². The van der Waals surface area contributed by atoms with Crippen LogP contribution in [0.5, 0.6) is 5.75 Å². The average Bonchev–Trinajstić information content (AvgIpc) is 2.87. The number of amides is 1. The highest BCUT2D eigenvalue weighted by atomic mass is 16.5. The zero-order valence-electron chi connectivity index (χ0n) is 13.5. The van der Waals surface area contributed by atoms with Gasteiger partial charge in [0.2, 0.25) is 5.91 Å². The predicted octanol–water partition coefficient (Wildman–Crippen LogP) is 3.47. The normalized spacial score (nSPS) is 10.4. The van der Waals surface area contributed by atoms with Crippen molar-refractivity contribution in [1.82, 2.24) is 4.57 Å². The van der Waals surface area contributed by atoms with Crippen LogP contribution >= 0.6 is 0 Å². The van der Waals surface area contributed by atoms with E-state index in [2.05, 4.69) is 11.4 Å². The lowest BCUT2D eigenvalue weighted by Gasteiger charge is -2.12. The number of para-hydroxylation sites is 3. The van der Waals surface area contributed by atoms with Crippen molar-refractivity contribution in [1.29, 1.82) is 5.26 Å². The van der Waals surface area contributed by atoms with Crippen LogP contribution in [-0.4, -0.2) is 17.6 Å². The maximum Gasteiger partial charge on any atom is 0.244 e. The largest absolute Gasteiger partial charge is 0.495 e. The standard InChI is InChI=1S/C19H17N3O2/c1-13-15(11-20)14-7-3-5-9-17(14)22(13)12-19(23)21-16-8-4-6-10-18(16)24-2/h3-10H,12H2,1-2H3,(H,21,23). The minimum Gasteiger partial charge on any atom is -0.495 e. The molecule has 1 heterocycles. The van der Waals surface area contributed by atoms with Crippen LogP contribution in [0.3, 0.4) is 0 Å². The molecule has 24 heavy (non-hydrogen) atoms. The number of hydrogen-bond donors (Lipinski definition) is 1. The first-order valence-corrected chi connectivity index (χ1v) is 7.56. The first-order chi connectivity index (χ1) is 11.7. The monoisotopic (exact) mass is 319 g/mol. The molecule has 0 bridgehead atoms. The number of hydrogen-bond acceptors (Lipinski definition) is 3. The van der Waals surface area contributed by atoms with E-state index in [0.29, 0.717) is 17.0 Å². The van der Waals surface area contributed by atoms with Crippen molar-refractivity contribution >= 4 is 22.5 Å². The summed E-state index contributed by atoms with van der Waals surface area (Å²) in [4.78, 5) is 12.5. The fraction of sp³-hybridized carbons (Fsp3) is 0.158. The lowest BCUT2D eigenvalue weighted by molar-refractivity contribution is -0.116. The van der Waals surface area contributed by atoms with E-state index in [9.17, 15) is 10.1 Å². The van der Waals surface area contributed by atoms with Gasteiger partial charge in [-0.25, -0.2) is 0 Å². The van der Waals surface area contributed by atoms with Crippen LogP contribution in [0.15, 0.2) is 48.5 Å². The molecule has 0 spiro atoms. The Bertz CT molecular complexity index is 951. The Hall–Kier alpha value is -3.26. The van der Waals surface area contributed by atoms with E-state index in [0.717, 1.165) is 16.6 Å². The number of rotatable bonds is 4. The molecule has 0 aliphatic carbocycles. The molecule has 0 aliphatic rings. The Kier molecular flexibility index (Phi) is 4.21. The second-order valence-electron chi connectivity index (χ2n) is 5.42. The summed E-state index contributed by atoms with van der Waals surface area (Å²) in [6.07, 6.45) is 0. The molecule has 0 fully saturated rings. The third-order valence-electron chi connectivity index (χ3n) is 4.03. The number of anilines is 1. The number of fused-ring (bicyclic) bond motifs is 1. The first kappa shape index (κ1) is 15.6. The van der Waals surface area contributed by atoms with Crippen molar-refractivity contribution in [2.75, 3.05) is 12.4 Å². The van der Waals surface area contributed by atoms with Gasteiger partial charge in [0.05, 0.1) is 23.9 Å². The summed E-state index contributed by atoms with van der Waals surface area (Å²) in [5, 5.41) is 13.1. The molecule has 2 aromatic carbocycles. The second kappa shape index (κ2) is 6.47. The van der Waals surface area contributed by atoms with Gasteiger partial charge in [0.25, 0.3) is 0 Å². The highest BCUT2D eigenvalue weighted by molar-refractivity contribution is 5.94. The number of nitriles is 1. The van der Waals surface area contributed by atoms with Crippen LogP contribution in [-0.2, 0) is 11.3 Å². The van der Waals surface area contributed by atoms with Gasteiger partial charge in [0.1, 0.15) is 18.4 Å². The van der Waals surface area contributed by atoms with Crippen molar-refractivity contribution in [2.45, 2.75) is 13.5 Å². The van der Waals surface area contributed by atoms with Crippen LogP contribution in [0.4, 0.5) is 5.69 Å². The molecule has 5 nitrogen and oxygen atoms in total. The van der Waals surface area contributed by atoms with E-state index in [1.165, 1.54) is 0 Å². The Labute approximate surface area is 140 Å². The maximum atomic E-state index is 12.5. The molecule has 0 unspecified atom stereocenters. The topological polar surface area (TPSA) is 67.0 Å². The Morgan fingerprint density at radius 3 is 2.67 bits per heavy atom. The van der Waals surface area contributed by atoms with E-state index in [-0.39, 0.29) is 12.5 Å². The van der Waals surface area contributed by atoms with Gasteiger partial charge in [0, 0.05) is 11.1 Å². The fourth-order valence-corrected chi connectivity index (χ4v) is 2.86. The molecule has 0 saturated heterocycles. The number of carbonyl (C=O) groups excluding carboxylic acids is 1. The minimum atomic E-state index is -0.173. The Balaban J connectivity index is 1.92. The average molecular weight is 319 g/mol. The van der Waals surface area contributed by atoms with E-state index >= 15 is 0 Å². The van der Waals surface area contributed by atoms with Gasteiger partial charge in [-0.3, -0.25) is 4.79 Å².